The zero-order valence-electron chi connectivity index (χ0n) is 17.3. The lowest BCUT2D eigenvalue weighted by atomic mass is 10.1. The lowest BCUT2D eigenvalue weighted by Crippen LogP contribution is -2.48. The summed E-state index contributed by atoms with van der Waals surface area (Å²) in [5.74, 6) is 0.424. The molecule has 3 aromatic rings. The molecule has 0 saturated heterocycles. The first-order valence-electron chi connectivity index (χ1n) is 9.64. The number of benzene rings is 2. The molecule has 154 valence electrons. The minimum absolute atomic E-state index is 0.362. The number of carbonyl (C=O) groups is 1. The third kappa shape index (κ3) is 5.69. The van der Waals surface area contributed by atoms with Crippen LogP contribution in [-0.2, 0) is 11.3 Å². The van der Waals surface area contributed by atoms with Gasteiger partial charge in [0.15, 0.2) is 5.82 Å². The number of nitrogens with zero attached hydrogens (tertiary/aromatic N) is 3. The van der Waals surface area contributed by atoms with Crippen LogP contribution in [-0.4, -0.2) is 28.0 Å². The van der Waals surface area contributed by atoms with E-state index in [0.29, 0.717) is 24.6 Å². The Kier molecular flexibility index (Phi) is 6.50. The number of anilines is 1. The normalized spacial score (nSPS) is 11.0. The number of hydrogen-bond acceptors (Lipinski definition) is 4. The molecule has 2 aromatic carbocycles. The summed E-state index contributed by atoms with van der Waals surface area (Å²) in [6, 6.07) is 20.6. The molecular weight excluding hydrogens is 378 g/mol. The Bertz CT molecular complexity index is 1050. The SMILES string of the molecule is Cc1cc(NC(=O)NC(C)(C)COCc2ccccc2)nn1-c1cccc(C#N)c1. The largest absolute Gasteiger partial charge is 0.374 e. The molecule has 1 aromatic heterocycles. The van der Waals surface area contributed by atoms with E-state index in [1.807, 2.05) is 57.2 Å². The predicted molar refractivity (Wildman–Crippen MR) is 115 cm³/mol. The van der Waals surface area contributed by atoms with Gasteiger partial charge in [0.1, 0.15) is 0 Å². The highest BCUT2D eigenvalue weighted by Gasteiger charge is 2.21. The number of nitriles is 1. The first kappa shape index (κ1) is 21.1. The Labute approximate surface area is 176 Å². The third-order valence-corrected chi connectivity index (χ3v) is 4.38. The second-order valence-corrected chi connectivity index (χ2v) is 7.69. The van der Waals surface area contributed by atoms with E-state index in [4.69, 9.17) is 10.00 Å². The summed E-state index contributed by atoms with van der Waals surface area (Å²) in [5.41, 5.74) is 2.67. The van der Waals surface area contributed by atoms with Crippen molar-refractivity contribution in [2.75, 3.05) is 11.9 Å². The Hall–Kier alpha value is -3.63. The van der Waals surface area contributed by atoms with Gasteiger partial charge in [-0.05, 0) is 44.5 Å². The second-order valence-electron chi connectivity index (χ2n) is 7.69. The van der Waals surface area contributed by atoms with Crippen LogP contribution in [0.4, 0.5) is 10.6 Å². The van der Waals surface area contributed by atoms with Crippen molar-refractivity contribution in [1.29, 1.82) is 5.26 Å². The number of hydrogen-bond donors (Lipinski definition) is 2. The van der Waals surface area contributed by atoms with Crippen LogP contribution in [0.2, 0.25) is 0 Å². The summed E-state index contributed by atoms with van der Waals surface area (Å²) in [4.78, 5) is 12.4. The monoisotopic (exact) mass is 403 g/mol. The van der Waals surface area contributed by atoms with Crippen molar-refractivity contribution in [2.24, 2.45) is 0 Å². The summed E-state index contributed by atoms with van der Waals surface area (Å²) in [5, 5.41) is 19.2. The molecule has 3 rings (SSSR count). The van der Waals surface area contributed by atoms with Crippen LogP contribution in [0.25, 0.3) is 5.69 Å². The van der Waals surface area contributed by atoms with E-state index in [1.54, 1.807) is 28.9 Å². The molecule has 0 fully saturated rings. The summed E-state index contributed by atoms with van der Waals surface area (Å²) < 4.78 is 7.43. The number of amides is 2. The summed E-state index contributed by atoms with van der Waals surface area (Å²) in [6.45, 7) is 6.53. The molecule has 7 nitrogen and oxygen atoms in total. The molecule has 30 heavy (non-hydrogen) atoms. The number of rotatable bonds is 7. The van der Waals surface area contributed by atoms with Gasteiger partial charge in [0.05, 0.1) is 36.1 Å². The average Bonchev–Trinajstić information content (AvgIpc) is 3.08. The van der Waals surface area contributed by atoms with Crippen molar-refractivity contribution in [3.05, 3.63) is 77.5 Å². The van der Waals surface area contributed by atoms with Crippen molar-refractivity contribution >= 4 is 11.8 Å². The van der Waals surface area contributed by atoms with Crippen LogP contribution in [0.5, 0.6) is 0 Å². The van der Waals surface area contributed by atoms with Crippen molar-refractivity contribution in [3.63, 3.8) is 0 Å². The van der Waals surface area contributed by atoms with Gasteiger partial charge in [0, 0.05) is 11.8 Å². The van der Waals surface area contributed by atoms with Gasteiger partial charge in [-0.3, -0.25) is 5.32 Å². The van der Waals surface area contributed by atoms with Crippen LogP contribution in [0.1, 0.15) is 30.7 Å². The lowest BCUT2D eigenvalue weighted by Gasteiger charge is -2.26. The van der Waals surface area contributed by atoms with E-state index in [9.17, 15) is 4.79 Å². The highest BCUT2D eigenvalue weighted by atomic mass is 16.5. The van der Waals surface area contributed by atoms with Crippen LogP contribution in [0, 0.1) is 18.3 Å². The maximum atomic E-state index is 12.4. The molecule has 7 heteroatoms. The van der Waals surface area contributed by atoms with Crippen molar-refractivity contribution in [3.8, 4) is 11.8 Å². The summed E-state index contributed by atoms with van der Waals surface area (Å²) in [6.07, 6.45) is 0. The average molecular weight is 403 g/mol. The van der Waals surface area contributed by atoms with Crippen LogP contribution >= 0.6 is 0 Å². The number of nitrogens with one attached hydrogen (secondary N) is 2. The molecule has 0 saturated carbocycles. The van der Waals surface area contributed by atoms with Gasteiger partial charge in [0.2, 0.25) is 0 Å². The topological polar surface area (TPSA) is 92.0 Å². The van der Waals surface area contributed by atoms with Gasteiger partial charge >= 0.3 is 6.03 Å². The Morgan fingerprint density at radius 1 is 1.17 bits per heavy atom. The van der Waals surface area contributed by atoms with E-state index in [1.165, 1.54) is 0 Å². The molecule has 2 N–H and O–H groups in total. The molecule has 0 unspecified atom stereocenters. The van der Waals surface area contributed by atoms with E-state index < -0.39 is 5.54 Å². The number of ether oxygens (including phenoxy) is 1. The molecule has 2 amide bonds. The summed E-state index contributed by atoms with van der Waals surface area (Å²) >= 11 is 0. The quantitative estimate of drug-likeness (QED) is 0.619. The second kappa shape index (κ2) is 9.25. The van der Waals surface area contributed by atoms with Crippen LogP contribution < -0.4 is 10.6 Å². The number of aromatic nitrogens is 2. The molecule has 1 heterocycles. The van der Waals surface area contributed by atoms with Crippen molar-refractivity contribution in [1.82, 2.24) is 15.1 Å². The first-order chi connectivity index (χ1) is 14.4. The van der Waals surface area contributed by atoms with Gasteiger partial charge in [0.25, 0.3) is 0 Å². The molecule has 0 bridgehead atoms. The molecule has 0 aliphatic rings. The molecule has 0 aliphatic heterocycles. The Morgan fingerprint density at radius 2 is 1.93 bits per heavy atom. The third-order valence-electron chi connectivity index (χ3n) is 4.38. The van der Waals surface area contributed by atoms with Crippen molar-refractivity contribution in [2.45, 2.75) is 32.9 Å². The van der Waals surface area contributed by atoms with Crippen LogP contribution in [0.3, 0.4) is 0 Å². The number of carbonyl (C=O) groups excluding carboxylic acids is 1. The summed E-state index contributed by atoms with van der Waals surface area (Å²) in [7, 11) is 0. The van der Waals surface area contributed by atoms with Gasteiger partial charge in [-0.15, -0.1) is 5.10 Å². The molecular formula is C23H25N5O2. The minimum atomic E-state index is -0.558. The highest BCUT2D eigenvalue weighted by molar-refractivity contribution is 5.88. The molecule has 0 spiro atoms. The van der Waals surface area contributed by atoms with Gasteiger partial charge in [-0.2, -0.15) is 5.26 Å². The maximum Gasteiger partial charge on any atom is 0.320 e. The van der Waals surface area contributed by atoms with E-state index >= 15 is 0 Å². The fraction of sp³-hybridized carbons (Fsp3) is 0.261. The van der Waals surface area contributed by atoms with E-state index in [0.717, 1.165) is 16.9 Å². The molecule has 0 radical (unpaired) electrons. The van der Waals surface area contributed by atoms with E-state index in [-0.39, 0.29) is 6.03 Å². The fourth-order valence-electron chi connectivity index (χ4n) is 2.99. The predicted octanol–water partition coefficient (Wildman–Crippen LogP) is 4.17. The van der Waals surface area contributed by atoms with Gasteiger partial charge in [-0.1, -0.05) is 36.4 Å². The maximum absolute atomic E-state index is 12.4. The van der Waals surface area contributed by atoms with E-state index in [2.05, 4.69) is 21.8 Å². The molecule has 0 aliphatic carbocycles. The smallest absolute Gasteiger partial charge is 0.320 e. The minimum Gasteiger partial charge on any atom is -0.374 e. The van der Waals surface area contributed by atoms with Crippen molar-refractivity contribution < 1.29 is 9.53 Å². The molecule has 0 atom stereocenters. The van der Waals surface area contributed by atoms with Gasteiger partial charge < -0.3 is 10.1 Å². The standard InChI is InChI=1S/C23H25N5O2/c1-17-12-21(27-28(17)20-11-7-10-19(13-20)14-24)25-22(29)26-23(2,3)16-30-15-18-8-5-4-6-9-18/h4-13H,15-16H2,1-3H3,(H2,25,26,27,29). The zero-order valence-corrected chi connectivity index (χ0v) is 17.3. The van der Waals surface area contributed by atoms with Crippen LogP contribution in [0.15, 0.2) is 60.7 Å². The van der Waals surface area contributed by atoms with Gasteiger partial charge in [-0.25, -0.2) is 9.48 Å². The fourth-order valence-corrected chi connectivity index (χ4v) is 2.99. The highest BCUT2D eigenvalue weighted by Crippen LogP contribution is 2.16. The lowest BCUT2D eigenvalue weighted by molar-refractivity contribution is 0.0752. The Morgan fingerprint density at radius 3 is 2.67 bits per heavy atom. The first-order valence-corrected chi connectivity index (χ1v) is 9.64. The number of aryl methyl sites for hydroxylation is 1. The Balaban J connectivity index is 1.57. The zero-order chi connectivity index (χ0) is 21.6. The number of urea groups is 1.